The van der Waals surface area contributed by atoms with E-state index in [1.807, 2.05) is 0 Å². The number of ether oxygens (including phenoxy) is 1. The molecule has 3 nitrogen and oxygen atoms in total. The monoisotopic (exact) mass is 228 g/mol. The maximum atomic E-state index is 6.07. The molecule has 1 fully saturated rings. The molecule has 1 saturated heterocycles. The average molecular weight is 228 g/mol. The molecule has 0 bridgehead atoms. The molecule has 0 amide bonds. The fourth-order valence-corrected chi connectivity index (χ4v) is 2.81. The Bertz CT molecular complexity index is 206. The molecule has 0 spiro atoms. The van der Waals surface area contributed by atoms with Gasteiger partial charge in [-0.15, -0.1) is 0 Å². The molecule has 2 N–H and O–H groups in total. The lowest BCUT2D eigenvalue weighted by atomic mass is 9.97. The van der Waals surface area contributed by atoms with Crippen molar-refractivity contribution in [2.75, 3.05) is 26.2 Å². The van der Waals surface area contributed by atoms with Crippen LogP contribution < -0.4 is 5.73 Å². The summed E-state index contributed by atoms with van der Waals surface area (Å²) in [5.41, 5.74) is 5.68. The molecule has 1 unspecified atom stereocenters. The smallest absolute Gasteiger partial charge is 0.0760 e. The van der Waals surface area contributed by atoms with E-state index in [-0.39, 0.29) is 11.2 Å². The third-order valence-electron chi connectivity index (χ3n) is 3.19. The van der Waals surface area contributed by atoms with Crippen molar-refractivity contribution < 1.29 is 4.74 Å². The van der Waals surface area contributed by atoms with Gasteiger partial charge < -0.3 is 10.5 Å². The molecule has 0 aliphatic carbocycles. The maximum Gasteiger partial charge on any atom is 0.0760 e. The van der Waals surface area contributed by atoms with Crippen molar-refractivity contribution in [2.45, 2.75) is 52.2 Å². The van der Waals surface area contributed by atoms with Crippen LogP contribution in [0.2, 0.25) is 0 Å². The minimum Gasteiger partial charge on any atom is -0.367 e. The molecule has 16 heavy (non-hydrogen) atoms. The van der Waals surface area contributed by atoms with Gasteiger partial charge in [-0.25, -0.2) is 0 Å². The Labute approximate surface area is 100 Å². The summed E-state index contributed by atoms with van der Waals surface area (Å²) < 4.78 is 6.07. The zero-order valence-corrected chi connectivity index (χ0v) is 11.5. The van der Waals surface area contributed by atoms with E-state index >= 15 is 0 Å². The van der Waals surface area contributed by atoms with Crippen LogP contribution >= 0.6 is 0 Å². The predicted octanol–water partition coefficient (Wildman–Crippen LogP) is 1.86. The summed E-state index contributed by atoms with van der Waals surface area (Å²) >= 11 is 0. The number of morpholine rings is 1. The summed E-state index contributed by atoms with van der Waals surface area (Å²) in [6.45, 7) is 14.8. The minimum atomic E-state index is -0.0470. The first-order valence-corrected chi connectivity index (χ1v) is 6.40. The van der Waals surface area contributed by atoms with Gasteiger partial charge in [0.05, 0.1) is 11.2 Å². The van der Waals surface area contributed by atoms with E-state index in [0.717, 1.165) is 32.6 Å². The van der Waals surface area contributed by atoms with Crippen molar-refractivity contribution in [3.63, 3.8) is 0 Å². The Morgan fingerprint density at radius 1 is 1.19 bits per heavy atom. The van der Waals surface area contributed by atoms with Gasteiger partial charge >= 0.3 is 0 Å². The van der Waals surface area contributed by atoms with E-state index in [1.54, 1.807) is 0 Å². The molecule has 3 heteroatoms. The van der Waals surface area contributed by atoms with Gasteiger partial charge in [-0.2, -0.15) is 0 Å². The van der Waals surface area contributed by atoms with E-state index in [2.05, 4.69) is 39.5 Å². The predicted molar refractivity (Wildman–Crippen MR) is 68.5 cm³/mol. The second kappa shape index (κ2) is 5.03. The topological polar surface area (TPSA) is 38.5 Å². The van der Waals surface area contributed by atoms with Gasteiger partial charge in [-0.3, -0.25) is 4.90 Å². The van der Waals surface area contributed by atoms with Gasteiger partial charge in [0.15, 0.2) is 0 Å². The van der Waals surface area contributed by atoms with Crippen molar-refractivity contribution in [1.29, 1.82) is 0 Å². The van der Waals surface area contributed by atoms with E-state index in [1.165, 1.54) is 0 Å². The molecule has 0 aromatic rings. The Morgan fingerprint density at radius 2 is 1.69 bits per heavy atom. The van der Waals surface area contributed by atoms with Gasteiger partial charge in [0.1, 0.15) is 0 Å². The van der Waals surface area contributed by atoms with Crippen molar-refractivity contribution in [2.24, 2.45) is 11.7 Å². The number of nitrogens with two attached hydrogens (primary N) is 1. The molecule has 1 aliphatic rings. The van der Waals surface area contributed by atoms with Gasteiger partial charge in [-0.1, -0.05) is 13.3 Å². The molecular formula is C13H28N2O. The lowest BCUT2D eigenvalue weighted by Gasteiger charge is -2.48. The summed E-state index contributed by atoms with van der Waals surface area (Å²) in [5.74, 6) is 0.615. The molecule has 96 valence electrons. The number of rotatable bonds is 4. The van der Waals surface area contributed by atoms with E-state index in [9.17, 15) is 0 Å². The molecule has 0 aromatic carbocycles. The second-order valence-electron chi connectivity index (χ2n) is 6.30. The Hall–Kier alpha value is -0.120. The first kappa shape index (κ1) is 13.9. The van der Waals surface area contributed by atoms with Crippen LogP contribution in [-0.4, -0.2) is 42.3 Å². The van der Waals surface area contributed by atoms with Gasteiger partial charge in [0, 0.05) is 19.6 Å². The van der Waals surface area contributed by atoms with Crippen LogP contribution in [0.15, 0.2) is 0 Å². The van der Waals surface area contributed by atoms with Gasteiger partial charge in [-0.05, 0) is 40.2 Å². The van der Waals surface area contributed by atoms with Crippen LogP contribution in [0.5, 0.6) is 0 Å². The number of hydrogen-bond acceptors (Lipinski definition) is 3. The van der Waals surface area contributed by atoms with Crippen molar-refractivity contribution in [1.82, 2.24) is 4.90 Å². The third kappa shape index (κ3) is 4.04. The fraction of sp³-hybridized carbons (Fsp3) is 1.00. The van der Waals surface area contributed by atoms with Gasteiger partial charge in [0.2, 0.25) is 0 Å². The SMILES string of the molecule is CCC(CN)CN1CC(C)(C)OC(C)(C)C1. The molecule has 1 atom stereocenters. The summed E-state index contributed by atoms with van der Waals surface area (Å²) in [6.07, 6.45) is 1.16. The maximum absolute atomic E-state index is 6.07. The lowest BCUT2D eigenvalue weighted by Crippen LogP contribution is -2.58. The quantitative estimate of drug-likeness (QED) is 0.798. The molecule has 1 heterocycles. The Kier molecular flexibility index (Phi) is 4.38. The van der Waals surface area contributed by atoms with Crippen LogP contribution in [0.3, 0.4) is 0 Å². The Balaban J connectivity index is 2.60. The summed E-state index contributed by atoms with van der Waals surface area (Å²) in [6, 6.07) is 0. The molecule has 0 radical (unpaired) electrons. The lowest BCUT2D eigenvalue weighted by molar-refractivity contribution is -0.182. The molecule has 1 rings (SSSR count). The fourth-order valence-electron chi connectivity index (χ4n) is 2.81. The van der Waals surface area contributed by atoms with Crippen LogP contribution in [0.25, 0.3) is 0 Å². The summed E-state index contributed by atoms with van der Waals surface area (Å²) in [7, 11) is 0. The number of hydrogen-bond donors (Lipinski definition) is 1. The van der Waals surface area contributed by atoms with Crippen molar-refractivity contribution in [3.05, 3.63) is 0 Å². The standard InChI is InChI=1S/C13H28N2O/c1-6-11(7-14)8-15-9-12(2,3)16-13(4,5)10-15/h11H,6-10,14H2,1-5H3. The third-order valence-corrected chi connectivity index (χ3v) is 3.19. The highest BCUT2D eigenvalue weighted by Crippen LogP contribution is 2.28. The van der Waals surface area contributed by atoms with E-state index in [4.69, 9.17) is 10.5 Å². The van der Waals surface area contributed by atoms with Crippen molar-refractivity contribution in [3.8, 4) is 0 Å². The molecular weight excluding hydrogens is 200 g/mol. The highest BCUT2D eigenvalue weighted by Gasteiger charge is 2.38. The minimum absolute atomic E-state index is 0.0470. The highest BCUT2D eigenvalue weighted by molar-refractivity contribution is 4.89. The Morgan fingerprint density at radius 3 is 2.06 bits per heavy atom. The average Bonchev–Trinajstić information content (AvgIpc) is 2.09. The summed E-state index contributed by atoms with van der Waals surface area (Å²) in [5, 5.41) is 0. The van der Waals surface area contributed by atoms with Crippen molar-refractivity contribution >= 4 is 0 Å². The molecule has 1 aliphatic heterocycles. The van der Waals surface area contributed by atoms with Crippen LogP contribution in [0.1, 0.15) is 41.0 Å². The largest absolute Gasteiger partial charge is 0.367 e. The normalized spacial score (nSPS) is 26.6. The zero-order valence-electron chi connectivity index (χ0n) is 11.5. The molecule has 0 saturated carbocycles. The summed E-state index contributed by atoms with van der Waals surface area (Å²) in [4.78, 5) is 2.50. The molecule has 0 aromatic heterocycles. The van der Waals surface area contributed by atoms with Crippen LogP contribution in [-0.2, 0) is 4.74 Å². The highest BCUT2D eigenvalue weighted by atomic mass is 16.5. The van der Waals surface area contributed by atoms with E-state index < -0.39 is 0 Å². The van der Waals surface area contributed by atoms with Gasteiger partial charge in [0.25, 0.3) is 0 Å². The number of nitrogens with zero attached hydrogens (tertiary/aromatic N) is 1. The zero-order chi connectivity index (χ0) is 12.4. The van der Waals surface area contributed by atoms with Crippen LogP contribution in [0.4, 0.5) is 0 Å². The second-order valence-corrected chi connectivity index (χ2v) is 6.30. The van der Waals surface area contributed by atoms with Crippen LogP contribution in [0, 0.1) is 5.92 Å². The first-order valence-electron chi connectivity index (χ1n) is 6.40. The first-order chi connectivity index (χ1) is 7.28. The van der Waals surface area contributed by atoms with E-state index in [0.29, 0.717) is 5.92 Å².